The second-order valence-corrected chi connectivity index (χ2v) is 9.57. The molecular formula is C27H32N4O2. The number of fused-ring (bicyclic) bond motifs is 1. The zero-order valence-electron chi connectivity index (χ0n) is 19.1. The molecule has 0 spiro atoms. The Labute approximate surface area is 194 Å². The predicted molar refractivity (Wildman–Crippen MR) is 130 cm³/mol. The van der Waals surface area contributed by atoms with Crippen molar-refractivity contribution in [2.24, 2.45) is 0 Å². The second kappa shape index (κ2) is 9.40. The SMILES string of the molecule is Cc1cccc(C(=O)NCC(=O)NC2CN([C@H]3CC[C@@H](c4c[nH]c5ccccc54)CC3)C2)c1. The van der Waals surface area contributed by atoms with Crippen molar-refractivity contribution in [3.63, 3.8) is 0 Å². The van der Waals surface area contributed by atoms with Crippen LogP contribution in [0.25, 0.3) is 10.9 Å². The number of amides is 2. The van der Waals surface area contributed by atoms with E-state index in [0.29, 0.717) is 17.5 Å². The molecule has 2 amide bonds. The molecule has 0 atom stereocenters. The lowest BCUT2D eigenvalue weighted by molar-refractivity contribution is -0.122. The monoisotopic (exact) mass is 444 g/mol. The zero-order valence-corrected chi connectivity index (χ0v) is 19.1. The standard InChI is InChI=1S/C27H32N4O2/c1-18-5-4-6-20(13-18)27(33)29-15-26(32)30-21-16-31(17-21)22-11-9-19(10-12-22)24-14-28-25-8-3-2-7-23(24)25/h2-8,13-14,19,21-22,28H,9-12,15-17H2,1H3,(H,29,33)(H,30,32)/t19-,22+. The van der Waals surface area contributed by atoms with E-state index in [1.807, 2.05) is 25.1 Å². The Morgan fingerprint density at radius 3 is 2.61 bits per heavy atom. The number of rotatable bonds is 6. The number of hydrogen-bond acceptors (Lipinski definition) is 3. The van der Waals surface area contributed by atoms with Crippen molar-refractivity contribution >= 4 is 22.7 Å². The number of likely N-dealkylation sites (tertiary alicyclic amines) is 1. The lowest BCUT2D eigenvalue weighted by Crippen LogP contribution is -2.63. The lowest BCUT2D eigenvalue weighted by Gasteiger charge is -2.46. The van der Waals surface area contributed by atoms with Crippen LogP contribution in [0.4, 0.5) is 0 Å². The van der Waals surface area contributed by atoms with Crippen molar-refractivity contribution in [2.45, 2.75) is 50.6 Å². The first-order chi connectivity index (χ1) is 16.1. The van der Waals surface area contributed by atoms with Gasteiger partial charge in [-0.3, -0.25) is 14.5 Å². The van der Waals surface area contributed by atoms with Crippen molar-refractivity contribution in [3.8, 4) is 0 Å². The van der Waals surface area contributed by atoms with E-state index >= 15 is 0 Å². The summed E-state index contributed by atoms with van der Waals surface area (Å²) in [5, 5.41) is 7.14. The smallest absolute Gasteiger partial charge is 0.251 e. The van der Waals surface area contributed by atoms with Crippen LogP contribution in [0.3, 0.4) is 0 Å². The number of para-hydroxylation sites is 1. The third kappa shape index (κ3) is 4.81. The van der Waals surface area contributed by atoms with E-state index < -0.39 is 0 Å². The minimum atomic E-state index is -0.212. The van der Waals surface area contributed by atoms with E-state index in [0.717, 1.165) is 18.7 Å². The average Bonchev–Trinajstić information content (AvgIpc) is 3.24. The van der Waals surface area contributed by atoms with E-state index in [2.05, 4.69) is 51.0 Å². The molecule has 33 heavy (non-hydrogen) atoms. The number of carbonyl (C=O) groups excluding carboxylic acids is 2. The van der Waals surface area contributed by atoms with Crippen LogP contribution in [0.5, 0.6) is 0 Å². The van der Waals surface area contributed by atoms with E-state index in [9.17, 15) is 9.59 Å². The molecule has 1 saturated heterocycles. The van der Waals surface area contributed by atoms with Crippen molar-refractivity contribution in [1.29, 1.82) is 0 Å². The molecule has 1 aliphatic heterocycles. The Balaban J connectivity index is 1.03. The van der Waals surface area contributed by atoms with Gasteiger partial charge in [0.05, 0.1) is 12.6 Å². The first-order valence-electron chi connectivity index (χ1n) is 12.0. The van der Waals surface area contributed by atoms with Gasteiger partial charge in [0.1, 0.15) is 0 Å². The zero-order chi connectivity index (χ0) is 22.8. The molecule has 5 rings (SSSR count). The minimum Gasteiger partial charge on any atom is -0.361 e. The van der Waals surface area contributed by atoms with Crippen LogP contribution in [-0.4, -0.2) is 53.4 Å². The number of aromatic nitrogens is 1. The van der Waals surface area contributed by atoms with E-state index in [4.69, 9.17) is 0 Å². The highest BCUT2D eigenvalue weighted by Crippen LogP contribution is 2.38. The maximum atomic E-state index is 12.3. The number of H-pyrrole nitrogens is 1. The van der Waals surface area contributed by atoms with Crippen molar-refractivity contribution < 1.29 is 9.59 Å². The summed E-state index contributed by atoms with van der Waals surface area (Å²) in [6.45, 7) is 3.76. The molecule has 6 heteroatoms. The Hall–Kier alpha value is -3.12. The van der Waals surface area contributed by atoms with Gasteiger partial charge in [0.25, 0.3) is 5.91 Å². The molecule has 0 bridgehead atoms. The molecule has 172 valence electrons. The number of carbonyl (C=O) groups is 2. The number of aromatic amines is 1. The summed E-state index contributed by atoms with van der Waals surface area (Å²) < 4.78 is 0. The molecular weight excluding hydrogens is 412 g/mol. The number of benzene rings is 2. The fourth-order valence-electron chi connectivity index (χ4n) is 5.41. The van der Waals surface area contributed by atoms with E-state index in [1.54, 1.807) is 6.07 Å². The van der Waals surface area contributed by atoms with Gasteiger partial charge in [-0.05, 0) is 62.3 Å². The largest absolute Gasteiger partial charge is 0.361 e. The molecule has 0 unspecified atom stereocenters. The highest BCUT2D eigenvalue weighted by molar-refractivity contribution is 5.96. The summed E-state index contributed by atoms with van der Waals surface area (Å²) in [5.74, 6) is 0.297. The summed E-state index contributed by atoms with van der Waals surface area (Å²) in [5.41, 5.74) is 4.30. The van der Waals surface area contributed by atoms with Gasteiger partial charge < -0.3 is 15.6 Å². The van der Waals surface area contributed by atoms with Gasteiger partial charge in [0.15, 0.2) is 0 Å². The fraction of sp³-hybridized carbons (Fsp3) is 0.407. The molecule has 6 nitrogen and oxygen atoms in total. The van der Waals surface area contributed by atoms with Gasteiger partial charge in [0, 0.05) is 41.8 Å². The van der Waals surface area contributed by atoms with Gasteiger partial charge in [-0.15, -0.1) is 0 Å². The third-order valence-electron chi connectivity index (χ3n) is 7.24. The van der Waals surface area contributed by atoms with Crippen LogP contribution >= 0.6 is 0 Å². The molecule has 2 fully saturated rings. The molecule has 1 saturated carbocycles. The summed E-state index contributed by atoms with van der Waals surface area (Å²) in [6.07, 6.45) is 7.04. The van der Waals surface area contributed by atoms with Crippen molar-refractivity contribution in [2.75, 3.05) is 19.6 Å². The number of hydrogen-bond donors (Lipinski definition) is 3. The van der Waals surface area contributed by atoms with Crippen molar-refractivity contribution in [1.82, 2.24) is 20.5 Å². The van der Waals surface area contributed by atoms with Crippen LogP contribution < -0.4 is 10.6 Å². The highest BCUT2D eigenvalue weighted by atomic mass is 16.2. The average molecular weight is 445 g/mol. The fourth-order valence-corrected chi connectivity index (χ4v) is 5.41. The van der Waals surface area contributed by atoms with Crippen LogP contribution in [0, 0.1) is 6.92 Å². The Morgan fingerprint density at radius 2 is 1.82 bits per heavy atom. The maximum absolute atomic E-state index is 12.3. The number of aryl methyl sites for hydroxylation is 1. The van der Waals surface area contributed by atoms with Gasteiger partial charge in [-0.25, -0.2) is 0 Å². The van der Waals surface area contributed by atoms with Crippen LogP contribution in [0.15, 0.2) is 54.7 Å². The Bertz CT molecular complexity index is 1140. The van der Waals surface area contributed by atoms with Crippen LogP contribution in [0.2, 0.25) is 0 Å². The minimum absolute atomic E-state index is 0.0129. The van der Waals surface area contributed by atoms with E-state index in [-0.39, 0.29) is 24.4 Å². The van der Waals surface area contributed by atoms with Gasteiger partial charge in [-0.2, -0.15) is 0 Å². The lowest BCUT2D eigenvalue weighted by atomic mass is 9.80. The number of nitrogens with zero attached hydrogens (tertiary/aromatic N) is 1. The normalized spacial score (nSPS) is 21.5. The summed E-state index contributed by atoms with van der Waals surface area (Å²) in [4.78, 5) is 30.4. The van der Waals surface area contributed by atoms with Crippen LogP contribution in [-0.2, 0) is 4.79 Å². The summed E-state index contributed by atoms with van der Waals surface area (Å²) in [7, 11) is 0. The molecule has 3 aromatic rings. The Morgan fingerprint density at radius 1 is 1.03 bits per heavy atom. The van der Waals surface area contributed by atoms with Crippen molar-refractivity contribution in [3.05, 3.63) is 71.4 Å². The quantitative estimate of drug-likeness (QED) is 0.542. The molecule has 1 aliphatic carbocycles. The highest BCUT2D eigenvalue weighted by Gasteiger charge is 2.35. The molecule has 2 heterocycles. The van der Waals surface area contributed by atoms with E-state index in [1.165, 1.54) is 42.1 Å². The summed E-state index contributed by atoms with van der Waals surface area (Å²) in [6, 6.07) is 16.7. The molecule has 1 aromatic heterocycles. The first kappa shape index (κ1) is 21.7. The van der Waals surface area contributed by atoms with Gasteiger partial charge in [0.2, 0.25) is 5.91 Å². The first-order valence-corrected chi connectivity index (χ1v) is 12.0. The molecule has 2 aromatic carbocycles. The van der Waals surface area contributed by atoms with Crippen LogP contribution in [0.1, 0.15) is 53.1 Å². The second-order valence-electron chi connectivity index (χ2n) is 9.57. The topological polar surface area (TPSA) is 77.2 Å². The van der Waals surface area contributed by atoms with Gasteiger partial charge in [-0.1, -0.05) is 35.9 Å². The summed E-state index contributed by atoms with van der Waals surface area (Å²) >= 11 is 0. The Kier molecular flexibility index (Phi) is 6.18. The molecule has 0 radical (unpaired) electrons. The molecule has 3 N–H and O–H groups in total. The third-order valence-corrected chi connectivity index (χ3v) is 7.24. The molecule has 2 aliphatic rings. The predicted octanol–water partition coefficient (Wildman–Crippen LogP) is 3.73. The van der Waals surface area contributed by atoms with Gasteiger partial charge >= 0.3 is 0 Å². The number of nitrogens with one attached hydrogen (secondary N) is 3. The maximum Gasteiger partial charge on any atom is 0.251 e.